The van der Waals surface area contributed by atoms with Crippen molar-refractivity contribution in [2.75, 3.05) is 6.61 Å². The highest BCUT2D eigenvalue weighted by Crippen LogP contribution is 2.36. The fraction of sp³-hybridized carbons (Fsp3) is 0.500. The van der Waals surface area contributed by atoms with Gasteiger partial charge in [0.25, 0.3) is 0 Å². The quantitative estimate of drug-likeness (QED) is 0.381. The summed E-state index contributed by atoms with van der Waals surface area (Å²) in [6.07, 6.45) is -0.0440. The van der Waals surface area contributed by atoms with Crippen molar-refractivity contribution in [1.29, 1.82) is 0 Å². The largest absolute Gasteiger partial charge is 0.463 e. The summed E-state index contributed by atoms with van der Waals surface area (Å²) in [6, 6.07) is 2.62. The Morgan fingerprint density at radius 1 is 1.00 bits per heavy atom. The summed E-state index contributed by atoms with van der Waals surface area (Å²) in [4.78, 5) is 51.4. The second-order valence-corrected chi connectivity index (χ2v) is 9.00. The predicted molar refractivity (Wildman–Crippen MR) is 124 cm³/mol. The van der Waals surface area contributed by atoms with Gasteiger partial charge >= 0.3 is 17.9 Å². The monoisotopic (exact) mass is 521 g/mol. The number of nitrogens with one attached hydrogen (secondary N) is 1. The lowest BCUT2D eigenvalue weighted by Gasteiger charge is -2.44. The number of pyridine rings is 1. The molecule has 3 heterocycles. The standard InChI is InChI=1S/C22H27N5O8S/c1-11(28)24-17-19(34-14(4)31)18(33-13(3)30)16(10-32-12(2)29)35-21(17)36-22-26-25-20(27(22)5)15-6-8-23-9-7-15/h6-9,16-19,21H,10H2,1-5H3,(H,24,28)/t16-,17-,18-,19-,21+/m1/s1. The molecule has 0 aliphatic carbocycles. The number of aromatic nitrogens is 4. The molecule has 0 saturated carbocycles. The number of hydrogen-bond donors (Lipinski definition) is 1. The van der Waals surface area contributed by atoms with E-state index >= 15 is 0 Å². The van der Waals surface area contributed by atoms with Gasteiger partial charge in [-0.2, -0.15) is 0 Å². The summed E-state index contributed by atoms with van der Waals surface area (Å²) in [7, 11) is 1.76. The molecule has 0 spiro atoms. The minimum absolute atomic E-state index is 0.282. The molecule has 2 aromatic heterocycles. The highest BCUT2D eigenvalue weighted by Gasteiger charge is 2.51. The lowest BCUT2D eigenvalue weighted by molar-refractivity contribution is -0.211. The average Bonchev–Trinajstić information content (AvgIpc) is 3.16. The molecule has 0 radical (unpaired) electrons. The number of esters is 3. The van der Waals surface area contributed by atoms with Crippen LogP contribution in [0.2, 0.25) is 0 Å². The summed E-state index contributed by atoms with van der Waals surface area (Å²) in [5.74, 6) is -1.77. The molecule has 1 aliphatic rings. The summed E-state index contributed by atoms with van der Waals surface area (Å²) in [5, 5.41) is 11.6. The molecule has 0 unspecified atom stereocenters. The fourth-order valence-corrected chi connectivity index (χ4v) is 4.77. The lowest BCUT2D eigenvalue weighted by atomic mass is 9.97. The van der Waals surface area contributed by atoms with Gasteiger partial charge in [0.2, 0.25) is 5.91 Å². The van der Waals surface area contributed by atoms with Crippen LogP contribution < -0.4 is 5.32 Å². The van der Waals surface area contributed by atoms with Crippen molar-refractivity contribution in [1.82, 2.24) is 25.1 Å². The van der Waals surface area contributed by atoms with E-state index < -0.39 is 53.6 Å². The van der Waals surface area contributed by atoms with Crippen molar-refractivity contribution >= 4 is 35.6 Å². The van der Waals surface area contributed by atoms with E-state index in [9.17, 15) is 19.2 Å². The molecule has 1 fully saturated rings. The SMILES string of the molecule is CC(=O)N[C@@H]1[C@@H](OC(C)=O)[C@H](OC(C)=O)[C@@H](COC(C)=O)O[C@H]1Sc1nnc(-c2ccncc2)n1C. The zero-order chi connectivity index (χ0) is 26.4. The first-order chi connectivity index (χ1) is 17.1. The minimum atomic E-state index is -1.16. The highest BCUT2D eigenvalue weighted by molar-refractivity contribution is 7.99. The maximum absolute atomic E-state index is 12.1. The molecule has 36 heavy (non-hydrogen) atoms. The van der Waals surface area contributed by atoms with Crippen LogP contribution in [0.25, 0.3) is 11.4 Å². The van der Waals surface area contributed by atoms with Crippen molar-refractivity contribution in [2.45, 2.75) is 62.6 Å². The molecule has 5 atom stereocenters. The van der Waals surface area contributed by atoms with E-state index in [1.165, 1.54) is 27.7 Å². The van der Waals surface area contributed by atoms with Crippen LogP contribution in [-0.4, -0.2) is 80.0 Å². The van der Waals surface area contributed by atoms with Crippen LogP contribution in [0.3, 0.4) is 0 Å². The van der Waals surface area contributed by atoms with Crippen LogP contribution in [0.5, 0.6) is 0 Å². The number of nitrogens with zero attached hydrogens (tertiary/aromatic N) is 4. The number of ether oxygens (including phenoxy) is 4. The van der Waals surface area contributed by atoms with Crippen LogP contribution in [-0.2, 0) is 45.2 Å². The lowest BCUT2D eigenvalue weighted by Crippen LogP contribution is -2.65. The van der Waals surface area contributed by atoms with Gasteiger partial charge in [0.1, 0.15) is 24.2 Å². The molecule has 3 rings (SSSR count). The van der Waals surface area contributed by atoms with Gasteiger partial charge in [0.05, 0.1) is 0 Å². The molecule has 0 bridgehead atoms. The van der Waals surface area contributed by atoms with Gasteiger partial charge in [-0.05, 0) is 12.1 Å². The molecule has 1 aliphatic heterocycles. The third-order valence-corrected chi connectivity index (χ3v) is 6.27. The first-order valence-corrected chi connectivity index (χ1v) is 11.8. The zero-order valence-corrected chi connectivity index (χ0v) is 21.2. The van der Waals surface area contributed by atoms with E-state index in [1.807, 2.05) is 0 Å². The molecule has 2 aromatic rings. The van der Waals surface area contributed by atoms with E-state index in [4.69, 9.17) is 18.9 Å². The second-order valence-electron chi connectivity index (χ2n) is 7.94. The van der Waals surface area contributed by atoms with Crippen molar-refractivity contribution in [3.8, 4) is 11.4 Å². The highest BCUT2D eigenvalue weighted by atomic mass is 32.2. The normalized spacial score (nSPS) is 23.4. The van der Waals surface area contributed by atoms with Crippen molar-refractivity contribution in [3.05, 3.63) is 24.5 Å². The van der Waals surface area contributed by atoms with Gasteiger partial charge in [0.15, 0.2) is 23.2 Å². The second kappa shape index (κ2) is 11.9. The number of rotatable bonds is 8. The van der Waals surface area contributed by atoms with E-state index in [2.05, 4.69) is 20.5 Å². The topological polar surface area (TPSA) is 161 Å². The summed E-state index contributed by atoms with van der Waals surface area (Å²) in [5.41, 5.74) is -0.103. The number of carbonyl (C=O) groups excluding carboxylic acids is 4. The molecule has 0 aromatic carbocycles. The van der Waals surface area contributed by atoms with Gasteiger partial charge in [-0.3, -0.25) is 24.2 Å². The first-order valence-electron chi connectivity index (χ1n) is 10.9. The number of hydrogen-bond acceptors (Lipinski definition) is 12. The Morgan fingerprint density at radius 3 is 2.22 bits per heavy atom. The average molecular weight is 522 g/mol. The van der Waals surface area contributed by atoms with E-state index in [0.717, 1.165) is 17.3 Å². The molecule has 13 nitrogen and oxygen atoms in total. The van der Waals surface area contributed by atoms with Crippen molar-refractivity contribution in [3.63, 3.8) is 0 Å². The molecular formula is C22H27N5O8S. The van der Waals surface area contributed by atoms with Gasteiger partial charge in [0, 0.05) is 52.7 Å². The fourth-order valence-electron chi connectivity index (χ4n) is 3.67. The Bertz CT molecular complexity index is 1110. The van der Waals surface area contributed by atoms with Gasteiger partial charge in [-0.25, -0.2) is 0 Å². The Balaban J connectivity index is 1.99. The molecule has 1 saturated heterocycles. The summed E-state index contributed by atoms with van der Waals surface area (Å²) >= 11 is 1.11. The van der Waals surface area contributed by atoms with Crippen LogP contribution in [0.15, 0.2) is 29.7 Å². The van der Waals surface area contributed by atoms with Crippen LogP contribution in [0.4, 0.5) is 0 Å². The summed E-state index contributed by atoms with van der Waals surface area (Å²) < 4.78 is 23.9. The van der Waals surface area contributed by atoms with Crippen LogP contribution in [0.1, 0.15) is 27.7 Å². The third kappa shape index (κ3) is 6.79. The Labute approximate surface area is 211 Å². The zero-order valence-electron chi connectivity index (χ0n) is 20.4. The van der Waals surface area contributed by atoms with Gasteiger partial charge < -0.3 is 28.8 Å². The Morgan fingerprint density at radius 2 is 1.64 bits per heavy atom. The molecular weight excluding hydrogens is 494 g/mol. The Hall–Kier alpha value is -3.52. The van der Waals surface area contributed by atoms with E-state index in [0.29, 0.717) is 11.0 Å². The minimum Gasteiger partial charge on any atom is -0.463 e. The molecule has 1 N–H and O–H groups in total. The molecule has 194 valence electrons. The maximum atomic E-state index is 12.1. The van der Waals surface area contributed by atoms with Crippen LogP contribution in [0, 0.1) is 0 Å². The number of thioether (sulfide) groups is 1. The first kappa shape index (κ1) is 27.1. The van der Waals surface area contributed by atoms with Gasteiger partial charge in [-0.1, -0.05) is 11.8 Å². The third-order valence-electron chi connectivity index (χ3n) is 5.07. The van der Waals surface area contributed by atoms with E-state index in [1.54, 1.807) is 36.1 Å². The predicted octanol–water partition coefficient (Wildman–Crippen LogP) is 0.625. The van der Waals surface area contributed by atoms with Crippen molar-refractivity contribution < 1.29 is 38.1 Å². The summed E-state index contributed by atoms with van der Waals surface area (Å²) in [6.45, 7) is 4.61. The van der Waals surface area contributed by atoms with Crippen molar-refractivity contribution in [2.24, 2.45) is 7.05 Å². The van der Waals surface area contributed by atoms with Gasteiger partial charge in [-0.15, -0.1) is 10.2 Å². The molecule has 14 heteroatoms. The smallest absolute Gasteiger partial charge is 0.303 e. The maximum Gasteiger partial charge on any atom is 0.303 e. The van der Waals surface area contributed by atoms with Crippen LogP contribution >= 0.6 is 11.8 Å². The molecule has 1 amide bonds. The number of amides is 1. The number of carbonyl (C=O) groups is 4. The van der Waals surface area contributed by atoms with E-state index in [-0.39, 0.29) is 6.61 Å². The Kier molecular flexibility index (Phi) is 8.98.